The Labute approximate surface area is 104 Å². The van der Waals surface area contributed by atoms with E-state index >= 15 is 0 Å². The number of thiazole rings is 1. The molecule has 86 valence electrons. The lowest BCUT2D eigenvalue weighted by molar-refractivity contribution is 0.222. The van der Waals surface area contributed by atoms with Crippen molar-refractivity contribution in [3.63, 3.8) is 0 Å². The fourth-order valence-corrected chi connectivity index (χ4v) is 3.29. The molecule has 0 aliphatic carbocycles. The normalized spacial score (nSPS) is 22.9. The molecule has 3 heterocycles. The van der Waals surface area contributed by atoms with Gasteiger partial charge < -0.3 is 0 Å². The highest BCUT2D eigenvalue weighted by molar-refractivity contribution is 7.15. The van der Waals surface area contributed by atoms with Gasteiger partial charge in [-0.2, -0.15) is 0 Å². The SMILES string of the molecule is ClC1CCCN(Cc2cn3ccsc3n2)C1. The molecule has 3 nitrogen and oxygen atoms in total. The van der Waals surface area contributed by atoms with Crippen molar-refractivity contribution in [1.29, 1.82) is 0 Å². The number of nitrogens with zero attached hydrogens (tertiary/aromatic N) is 3. The van der Waals surface area contributed by atoms with Gasteiger partial charge >= 0.3 is 0 Å². The lowest BCUT2D eigenvalue weighted by Gasteiger charge is -2.28. The van der Waals surface area contributed by atoms with Crippen LogP contribution in [-0.2, 0) is 6.54 Å². The Hall–Kier alpha value is -0.580. The van der Waals surface area contributed by atoms with Crippen LogP contribution in [0.4, 0.5) is 0 Å². The zero-order valence-corrected chi connectivity index (χ0v) is 10.5. The van der Waals surface area contributed by atoms with Crippen molar-refractivity contribution in [3.8, 4) is 0 Å². The highest BCUT2D eigenvalue weighted by atomic mass is 35.5. The minimum Gasteiger partial charge on any atom is -0.297 e. The zero-order chi connectivity index (χ0) is 11.0. The molecule has 16 heavy (non-hydrogen) atoms. The molecule has 3 rings (SSSR count). The third-order valence-corrected chi connectivity index (χ3v) is 4.10. The van der Waals surface area contributed by atoms with Gasteiger partial charge in [0.2, 0.25) is 0 Å². The number of fused-ring (bicyclic) bond motifs is 1. The van der Waals surface area contributed by atoms with Crippen LogP contribution in [0, 0.1) is 0 Å². The largest absolute Gasteiger partial charge is 0.297 e. The van der Waals surface area contributed by atoms with Gasteiger partial charge in [-0.25, -0.2) is 4.98 Å². The fourth-order valence-electron chi connectivity index (χ4n) is 2.22. The Bertz CT molecular complexity index is 450. The van der Waals surface area contributed by atoms with E-state index in [0.717, 1.165) is 36.7 Å². The van der Waals surface area contributed by atoms with Crippen molar-refractivity contribution in [2.24, 2.45) is 0 Å². The van der Waals surface area contributed by atoms with Crippen LogP contribution in [0.1, 0.15) is 18.5 Å². The van der Waals surface area contributed by atoms with E-state index in [1.807, 2.05) is 0 Å². The number of rotatable bonds is 2. The summed E-state index contributed by atoms with van der Waals surface area (Å²) >= 11 is 7.85. The average molecular weight is 256 g/mol. The van der Waals surface area contributed by atoms with Crippen LogP contribution < -0.4 is 0 Å². The predicted octanol–water partition coefficient (Wildman–Crippen LogP) is 2.60. The smallest absolute Gasteiger partial charge is 0.193 e. The molecule has 0 radical (unpaired) electrons. The maximum Gasteiger partial charge on any atom is 0.193 e. The maximum atomic E-state index is 6.17. The van der Waals surface area contributed by atoms with Gasteiger partial charge in [-0.15, -0.1) is 22.9 Å². The second-order valence-corrected chi connectivity index (χ2v) is 5.79. The quantitative estimate of drug-likeness (QED) is 0.769. The van der Waals surface area contributed by atoms with Gasteiger partial charge in [0, 0.05) is 36.2 Å². The van der Waals surface area contributed by atoms with Crippen molar-refractivity contribution >= 4 is 27.9 Å². The molecule has 0 bridgehead atoms. The molecule has 1 saturated heterocycles. The van der Waals surface area contributed by atoms with E-state index in [9.17, 15) is 0 Å². The number of hydrogen-bond acceptors (Lipinski definition) is 3. The second kappa shape index (κ2) is 4.35. The van der Waals surface area contributed by atoms with Crippen molar-refractivity contribution in [3.05, 3.63) is 23.5 Å². The number of halogens is 1. The first-order valence-corrected chi connectivity index (χ1v) is 6.90. The highest BCUT2D eigenvalue weighted by Gasteiger charge is 2.18. The molecular formula is C11H14ClN3S. The van der Waals surface area contributed by atoms with Gasteiger partial charge in [0.1, 0.15) is 0 Å². The number of aromatic nitrogens is 2. The summed E-state index contributed by atoms with van der Waals surface area (Å²) in [5.74, 6) is 0. The summed E-state index contributed by atoms with van der Waals surface area (Å²) in [6, 6.07) is 0. The van der Waals surface area contributed by atoms with E-state index in [1.165, 1.54) is 6.42 Å². The molecule has 0 aromatic carbocycles. The first kappa shape index (κ1) is 10.6. The lowest BCUT2D eigenvalue weighted by atomic mass is 10.1. The summed E-state index contributed by atoms with van der Waals surface area (Å²) in [5.41, 5.74) is 1.15. The number of imidazole rings is 1. The molecular weight excluding hydrogens is 242 g/mol. The first-order chi connectivity index (χ1) is 7.81. The maximum absolute atomic E-state index is 6.17. The Morgan fingerprint density at radius 2 is 2.50 bits per heavy atom. The molecule has 2 aromatic rings. The molecule has 1 atom stereocenters. The van der Waals surface area contributed by atoms with Crippen LogP contribution in [-0.4, -0.2) is 32.8 Å². The standard InChI is InChI=1S/C11H14ClN3S/c12-9-2-1-3-14(6-9)7-10-8-15-4-5-16-11(15)13-10/h4-5,8-9H,1-3,6-7H2. The van der Waals surface area contributed by atoms with Crippen molar-refractivity contribution < 1.29 is 0 Å². The Morgan fingerprint density at radius 1 is 1.56 bits per heavy atom. The third kappa shape index (κ3) is 2.10. The zero-order valence-electron chi connectivity index (χ0n) is 8.97. The van der Waals surface area contributed by atoms with E-state index in [0.29, 0.717) is 5.38 Å². The van der Waals surface area contributed by atoms with Crippen LogP contribution in [0.5, 0.6) is 0 Å². The molecule has 0 amide bonds. The summed E-state index contributed by atoms with van der Waals surface area (Å²) in [6.07, 6.45) is 6.52. The van der Waals surface area contributed by atoms with Crippen LogP contribution in [0.25, 0.3) is 4.96 Å². The summed E-state index contributed by atoms with van der Waals surface area (Å²) in [7, 11) is 0. The van der Waals surface area contributed by atoms with Gasteiger partial charge in [0.15, 0.2) is 4.96 Å². The number of piperidine rings is 1. The van der Waals surface area contributed by atoms with E-state index in [4.69, 9.17) is 11.6 Å². The van der Waals surface area contributed by atoms with Gasteiger partial charge in [-0.1, -0.05) is 0 Å². The minimum atomic E-state index is 0.317. The summed E-state index contributed by atoms with van der Waals surface area (Å²) in [4.78, 5) is 8.06. The van der Waals surface area contributed by atoms with Crippen molar-refractivity contribution in [1.82, 2.24) is 14.3 Å². The summed E-state index contributed by atoms with van der Waals surface area (Å²) < 4.78 is 2.09. The lowest BCUT2D eigenvalue weighted by Crippen LogP contribution is -2.35. The second-order valence-electron chi connectivity index (χ2n) is 4.30. The molecule has 0 spiro atoms. The Kier molecular flexibility index (Phi) is 2.88. The fraction of sp³-hybridized carbons (Fsp3) is 0.545. The number of alkyl halides is 1. The summed E-state index contributed by atoms with van der Waals surface area (Å²) in [5, 5.41) is 2.37. The predicted molar refractivity (Wildman–Crippen MR) is 67.2 cm³/mol. The first-order valence-electron chi connectivity index (χ1n) is 5.59. The van der Waals surface area contributed by atoms with Crippen LogP contribution >= 0.6 is 22.9 Å². The molecule has 5 heteroatoms. The molecule has 1 unspecified atom stereocenters. The topological polar surface area (TPSA) is 20.5 Å². The number of hydrogen-bond donors (Lipinski definition) is 0. The molecule has 0 N–H and O–H groups in total. The van der Waals surface area contributed by atoms with E-state index in [2.05, 4.69) is 32.1 Å². The third-order valence-electron chi connectivity index (χ3n) is 2.98. The van der Waals surface area contributed by atoms with Crippen molar-refractivity contribution in [2.75, 3.05) is 13.1 Å². The molecule has 1 aliphatic rings. The monoisotopic (exact) mass is 255 g/mol. The van der Waals surface area contributed by atoms with Crippen LogP contribution in [0.15, 0.2) is 17.8 Å². The molecule has 0 saturated carbocycles. The highest BCUT2D eigenvalue weighted by Crippen LogP contribution is 2.18. The molecule has 2 aromatic heterocycles. The van der Waals surface area contributed by atoms with E-state index in [-0.39, 0.29) is 0 Å². The van der Waals surface area contributed by atoms with Gasteiger partial charge in [0.05, 0.1) is 5.69 Å². The minimum absolute atomic E-state index is 0.317. The summed E-state index contributed by atoms with van der Waals surface area (Å²) in [6.45, 7) is 3.07. The number of likely N-dealkylation sites (tertiary alicyclic amines) is 1. The Balaban J connectivity index is 1.71. The van der Waals surface area contributed by atoms with Crippen molar-refractivity contribution in [2.45, 2.75) is 24.8 Å². The van der Waals surface area contributed by atoms with Gasteiger partial charge in [-0.3, -0.25) is 9.30 Å². The molecule has 1 fully saturated rings. The van der Waals surface area contributed by atoms with Crippen LogP contribution in [0.2, 0.25) is 0 Å². The molecule has 1 aliphatic heterocycles. The van der Waals surface area contributed by atoms with Crippen LogP contribution in [0.3, 0.4) is 0 Å². The Morgan fingerprint density at radius 3 is 3.31 bits per heavy atom. The van der Waals surface area contributed by atoms with Gasteiger partial charge in [0.25, 0.3) is 0 Å². The van der Waals surface area contributed by atoms with Gasteiger partial charge in [-0.05, 0) is 19.4 Å². The van der Waals surface area contributed by atoms with E-state index < -0.39 is 0 Å². The average Bonchev–Trinajstić information content (AvgIpc) is 2.77. The van der Waals surface area contributed by atoms with E-state index in [1.54, 1.807) is 11.3 Å².